The molecular formula is C6H6N2OS. The van der Waals surface area contributed by atoms with Crippen molar-refractivity contribution in [2.24, 2.45) is 0 Å². The lowest BCUT2D eigenvalue weighted by molar-refractivity contribution is 0.239. The van der Waals surface area contributed by atoms with Crippen LogP contribution in [-0.4, -0.2) is 10.1 Å². The second-order valence-electron chi connectivity index (χ2n) is 1.81. The molecule has 1 N–H and O–H groups in total. The van der Waals surface area contributed by atoms with Crippen LogP contribution in [0.15, 0.2) is 6.20 Å². The van der Waals surface area contributed by atoms with E-state index in [4.69, 9.17) is 10.4 Å². The molecule has 0 fully saturated rings. The van der Waals surface area contributed by atoms with Crippen LogP contribution in [-0.2, 0) is 0 Å². The highest BCUT2D eigenvalue weighted by molar-refractivity contribution is 7.11. The number of hydrogen-bond acceptors (Lipinski definition) is 4. The van der Waals surface area contributed by atoms with Gasteiger partial charge in [-0.05, 0) is 6.92 Å². The maximum Gasteiger partial charge on any atom is 0.176 e. The molecule has 0 aliphatic rings. The van der Waals surface area contributed by atoms with Gasteiger partial charge in [-0.2, -0.15) is 5.26 Å². The molecule has 3 nitrogen and oxygen atoms in total. The standard InChI is InChI=1S/C6H6N2OS/c1-4-8-3-6(10-4)5(9)2-7/h3,5,9H,1H3/t5-/m0/s1. The van der Waals surface area contributed by atoms with Gasteiger partial charge in [-0.15, -0.1) is 11.3 Å². The Morgan fingerprint density at radius 1 is 1.90 bits per heavy atom. The summed E-state index contributed by atoms with van der Waals surface area (Å²) < 4.78 is 0. The molecule has 0 amide bonds. The molecule has 0 bridgehead atoms. The maximum absolute atomic E-state index is 8.95. The zero-order valence-corrected chi connectivity index (χ0v) is 6.22. The van der Waals surface area contributed by atoms with Gasteiger partial charge in [0.15, 0.2) is 6.10 Å². The average Bonchev–Trinajstić information content (AvgIpc) is 2.34. The molecule has 0 aliphatic carbocycles. The Kier molecular flexibility index (Phi) is 2.00. The van der Waals surface area contributed by atoms with E-state index in [1.807, 2.05) is 6.92 Å². The van der Waals surface area contributed by atoms with Crippen LogP contribution in [0.3, 0.4) is 0 Å². The van der Waals surface area contributed by atoms with Gasteiger partial charge in [0.05, 0.1) is 16.0 Å². The number of hydrogen-bond donors (Lipinski definition) is 1. The number of nitrogens with zero attached hydrogens (tertiary/aromatic N) is 2. The van der Waals surface area contributed by atoms with E-state index < -0.39 is 6.10 Å². The van der Waals surface area contributed by atoms with Gasteiger partial charge in [0.25, 0.3) is 0 Å². The molecule has 1 rings (SSSR count). The fraction of sp³-hybridized carbons (Fsp3) is 0.333. The van der Waals surface area contributed by atoms with Crippen LogP contribution >= 0.6 is 11.3 Å². The summed E-state index contributed by atoms with van der Waals surface area (Å²) in [5, 5.41) is 18.1. The fourth-order valence-corrected chi connectivity index (χ4v) is 1.28. The lowest BCUT2D eigenvalue weighted by Crippen LogP contribution is -1.87. The largest absolute Gasteiger partial charge is 0.373 e. The molecule has 52 valence electrons. The predicted molar refractivity (Wildman–Crippen MR) is 37.4 cm³/mol. The van der Waals surface area contributed by atoms with Crippen molar-refractivity contribution in [1.82, 2.24) is 4.98 Å². The van der Waals surface area contributed by atoms with Gasteiger partial charge in [-0.1, -0.05) is 0 Å². The van der Waals surface area contributed by atoms with Crippen LogP contribution < -0.4 is 0 Å². The Hall–Kier alpha value is -0.920. The summed E-state index contributed by atoms with van der Waals surface area (Å²) in [4.78, 5) is 4.50. The quantitative estimate of drug-likeness (QED) is 0.614. The Bertz CT molecular complexity index is 263. The van der Waals surface area contributed by atoms with Crippen molar-refractivity contribution in [3.63, 3.8) is 0 Å². The van der Waals surface area contributed by atoms with Crippen LogP contribution in [0.5, 0.6) is 0 Å². The van der Waals surface area contributed by atoms with Crippen LogP contribution in [0.4, 0.5) is 0 Å². The minimum atomic E-state index is -1.01. The summed E-state index contributed by atoms with van der Waals surface area (Å²) in [6, 6.07) is 1.72. The summed E-state index contributed by atoms with van der Waals surface area (Å²) >= 11 is 1.34. The smallest absolute Gasteiger partial charge is 0.176 e. The number of aliphatic hydroxyl groups is 1. The fourth-order valence-electron chi connectivity index (χ4n) is 0.568. The van der Waals surface area contributed by atoms with Gasteiger partial charge in [0, 0.05) is 6.20 Å². The molecule has 0 unspecified atom stereocenters. The van der Waals surface area contributed by atoms with Gasteiger partial charge < -0.3 is 5.11 Å². The first-order valence-corrected chi connectivity index (χ1v) is 3.55. The van der Waals surface area contributed by atoms with Crippen molar-refractivity contribution in [2.75, 3.05) is 0 Å². The first-order chi connectivity index (χ1) is 4.74. The van der Waals surface area contributed by atoms with Crippen LogP contribution in [0.25, 0.3) is 0 Å². The van der Waals surface area contributed by atoms with Gasteiger partial charge >= 0.3 is 0 Å². The zero-order chi connectivity index (χ0) is 7.56. The summed E-state index contributed by atoms with van der Waals surface area (Å²) in [5.41, 5.74) is 0. The lowest BCUT2D eigenvalue weighted by atomic mass is 10.3. The third kappa shape index (κ3) is 1.32. The van der Waals surface area contributed by atoms with Crippen LogP contribution in [0, 0.1) is 18.3 Å². The Balaban J connectivity index is 2.87. The summed E-state index contributed by atoms with van der Waals surface area (Å²) in [5.74, 6) is 0. The molecule has 1 heterocycles. The molecule has 0 saturated heterocycles. The molecule has 10 heavy (non-hydrogen) atoms. The van der Waals surface area contributed by atoms with Gasteiger partial charge in [-0.3, -0.25) is 0 Å². The van der Waals surface area contributed by atoms with Crippen molar-refractivity contribution in [3.8, 4) is 6.07 Å². The number of thiazole rings is 1. The molecule has 0 saturated carbocycles. The van der Waals surface area contributed by atoms with E-state index >= 15 is 0 Å². The summed E-state index contributed by atoms with van der Waals surface area (Å²) in [7, 11) is 0. The average molecular weight is 154 g/mol. The Morgan fingerprint density at radius 2 is 2.60 bits per heavy atom. The van der Waals surface area contributed by atoms with Gasteiger partial charge in [0.2, 0.25) is 0 Å². The first-order valence-electron chi connectivity index (χ1n) is 2.74. The molecule has 0 spiro atoms. The maximum atomic E-state index is 8.95. The summed E-state index contributed by atoms with van der Waals surface area (Å²) in [6.07, 6.45) is 0.514. The van der Waals surface area contributed by atoms with E-state index in [-0.39, 0.29) is 0 Å². The molecular weight excluding hydrogens is 148 g/mol. The molecule has 4 heteroatoms. The van der Waals surface area contributed by atoms with Crippen LogP contribution in [0.1, 0.15) is 16.0 Å². The van der Waals surface area contributed by atoms with Gasteiger partial charge in [0.1, 0.15) is 0 Å². The Morgan fingerprint density at radius 3 is 3.00 bits per heavy atom. The number of aliphatic hydroxyl groups excluding tert-OH is 1. The lowest BCUT2D eigenvalue weighted by Gasteiger charge is -1.91. The van der Waals surface area contributed by atoms with Crippen molar-refractivity contribution in [3.05, 3.63) is 16.1 Å². The highest BCUT2D eigenvalue weighted by atomic mass is 32.1. The topological polar surface area (TPSA) is 56.9 Å². The van der Waals surface area contributed by atoms with Gasteiger partial charge in [-0.25, -0.2) is 4.98 Å². The minimum Gasteiger partial charge on any atom is -0.373 e. The molecule has 1 atom stereocenters. The van der Waals surface area contributed by atoms with E-state index in [0.717, 1.165) is 5.01 Å². The second-order valence-corrected chi connectivity index (χ2v) is 3.08. The third-order valence-electron chi connectivity index (χ3n) is 1.03. The molecule has 1 aromatic heterocycles. The first kappa shape index (κ1) is 7.19. The normalized spacial score (nSPS) is 12.5. The van der Waals surface area contributed by atoms with E-state index in [9.17, 15) is 0 Å². The number of nitriles is 1. The van der Waals surface area contributed by atoms with Crippen molar-refractivity contribution < 1.29 is 5.11 Å². The molecule has 0 aliphatic heterocycles. The highest BCUT2D eigenvalue weighted by Gasteiger charge is 2.07. The van der Waals surface area contributed by atoms with E-state index in [2.05, 4.69) is 4.98 Å². The third-order valence-corrected chi connectivity index (χ3v) is 2.00. The van der Waals surface area contributed by atoms with E-state index in [0.29, 0.717) is 4.88 Å². The van der Waals surface area contributed by atoms with Crippen molar-refractivity contribution in [2.45, 2.75) is 13.0 Å². The monoisotopic (exact) mass is 154 g/mol. The molecule has 0 radical (unpaired) electrons. The van der Waals surface area contributed by atoms with E-state index in [1.165, 1.54) is 17.5 Å². The second kappa shape index (κ2) is 2.78. The number of rotatable bonds is 1. The number of aryl methyl sites for hydroxylation is 1. The predicted octanol–water partition coefficient (Wildman–Crippen LogP) is 1.01. The van der Waals surface area contributed by atoms with Crippen molar-refractivity contribution >= 4 is 11.3 Å². The van der Waals surface area contributed by atoms with E-state index in [1.54, 1.807) is 6.07 Å². The highest BCUT2D eigenvalue weighted by Crippen LogP contribution is 2.18. The van der Waals surface area contributed by atoms with Crippen molar-refractivity contribution in [1.29, 1.82) is 5.26 Å². The SMILES string of the molecule is Cc1ncc([C@@H](O)C#N)s1. The number of aromatic nitrogens is 1. The molecule has 0 aromatic carbocycles. The minimum absolute atomic E-state index is 0.611. The Labute approximate surface area is 62.6 Å². The molecule has 1 aromatic rings. The summed E-state index contributed by atoms with van der Waals surface area (Å²) in [6.45, 7) is 1.83. The zero-order valence-electron chi connectivity index (χ0n) is 5.40. The van der Waals surface area contributed by atoms with Crippen LogP contribution in [0.2, 0.25) is 0 Å².